The Morgan fingerprint density at radius 3 is 2.33 bits per heavy atom. The zero-order chi connectivity index (χ0) is 14.1. The summed E-state index contributed by atoms with van der Waals surface area (Å²) in [5.74, 6) is 1.15. The fourth-order valence-corrected chi connectivity index (χ4v) is 2.47. The lowest BCUT2D eigenvalue weighted by Crippen LogP contribution is -2.56. The maximum atomic E-state index is 12.1. The van der Waals surface area contributed by atoms with Crippen molar-refractivity contribution >= 4 is 6.09 Å². The Kier molecular flexibility index (Phi) is 4.65. The molecule has 3 atom stereocenters. The number of hydrogen-bond acceptors (Lipinski definition) is 3. The van der Waals surface area contributed by atoms with Crippen molar-refractivity contribution in [2.75, 3.05) is 13.1 Å². The molecule has 1 aliphatic rings. The predicted molar refractivity (Wildman–Crippen MR) is 73.3 cm³/mol. The van der Waals surface area contributed by atoms with Gasteiger partial charge in [-0.15, -0.1) is 0 Å². The van der Waals surface area contributed by atoms with Crippen LogP contribution < -0.4 is 5.73 Å². The summed E-state index contributed by atoms with van der Waals surface area (Å²) in [7, 11) is 0. The molecule has 0 bridgehead atoms. The van der Waals surface area contributed by atoms with E-state index < -0.39 is 5.60 Å². The summed E-state index contributed by atoms with van der Waals surface area (Å²) in [5.41, 5.74) is 5.80. The molecule has 1 fully saturated rings. The van der Waals surface area contributed by atoms with Crippen molar-refractivity contribution in [2.24, 2.45) is 23.5 Å². The van der Waals surface area contributed by atoms with Crippen molar-refractivity contribution in [3.63, 3.8) is 0 Å². The first-order valence-electron chi connectivity index (χ1n) is 6.85. The molecule has 1 amide bonds. The van der Waals surface area contributed by atoms with E-state index in [1.54, 1.807) is 0 Å². The van der Waals surface area contributed by atoms with Gasteiger partial charge in [0.1, 0.15) is 5.60 Å². The van der Waals surface area contributed by atoms with Crippen LogP contribution in [0.2, 0.25) is 0 Å². The minimum absolute atomic E-state index is 0.170. The molecular weight excluding hydrogens is 228 g/mol. The fourth-order valence-electron chi connectivity index (χ4n) is 2.47. The van der Waals surface area contributed by atoms with Gasteiger partial charge in [0.2, 0.25) is 0 Å². The highest BCUT2D eigenvalue weighted by Gasteiger charge is 2.37. The summed E-state index contributed by atoms with van der Waals surface area (Å²) in [6.45, 7) is 13.5. The molecule has 0 aromatic rings. The van der Waals surface area contributed by atoms with E-state index in [9.17, 15) is 4.79 Å². The number of carbonyl (C=O) groups is 1. The largest absolute Gasteiger partial charge is 0.444 e. The molecule has 1 heterocycles. The smallest absolute Gasteiger partial charge is 0.410 e. The SMILES string of the molecule is CC(C)C1CN(C(=O)OC(C)(C)C)CC(C)C1N. The quantitative estimate of drug-likeness (QED) is 0.784. The number of piperidine rings is 1. The van der Waals surface area contributed by atoms with E-state index in [4.69, 9.17) is 10.5 Å². The highest BCUT2D eigenvalue weighted by atomic mass is 16.6. The van der Waals surface area contributed by atoms with E-state index >= 15 is 0 Å². The van der Waals surface area contributed by atoms with E-state index in [-0.39, 0.29) is 12.1 Å². The first kappa shape index (κ1) is 15.3. The van der Waals surface area contributed by atoms with Gasteiger partial charge < -0.3 is 15.4 Å². The molecule has 0 aromatic heterocycles. The minimum atomic E-state index is -0.437. The van der Waals surface area contributed by atoms with Gasteiger partial charge in [-0.05, 0) is 38.5 Å². The van der Waals surface area contributed by atoms with Gasteiger partial charge in [-0.25, -0.2) is 4.79 Å². The van der Waals surface area contributed by atoms with Crippen molar-refractivity contribution in [2.45, 2.75) is 53.2 Å². The number of nitrogens with two attached hydrogens (primary N) is 1. The zero-order valence-corrected chi connectivity index (χ0v) is 12.6. The Bertz CT molecular complexity index is 297. The van der Waals surface area contributed by atoms with Gasteiger partial charge in [-0.2, -0.15) is 0 Å². The highest BCUT2D eigenvalue weighted by molar-refractivity contribution is 5.68. The Morgan fingerprint density at radius 2 is 1.89 bits per heavy atom. The second-order valence-electron chi connectivity index (χ2n) is 6.85. The molecule has 0 spiro atoms. The molecule has 1 aliphatic heterocycles. The number of ether oxygens (including phenoxy) is 1. The van der Waals surface area contributed by atoms with Crippen LogP contribution in [0.15, 0.2) is 0 Å². The molecule has 4 nitrogen and oxygen atoms in total. The number of hydrogen-bond donors (Lipinski definition) is 1. The van der Waals surface area contributed by atoms with Crippen LogP contribution >= 0.6 is 0 Å². The number of amides is 1. The first-order chi connectivity index (χ1) is 8.11. The van der Waals surface area contributed by atoms with Gasteiger partial charge in [0, 0.05) is 19.1 Å². The van der Waals surface area contributed by atoms with Crippen LogP contribution in [-0.2, 0) is 4.74 Å². The average molecular weight is 256 g/mol. The summed E-state index contributed by atoms with van der Waals surface area (Å²) in [6.07, 6.45) is -0.216. The highest BCUT2D eigenvalue weighted by Crippen LogP contribution is 2.27. The number of nitrogens with zero attached hydrogens (tertiary/aromatic N) is 1. The van der Waals surface area contributed by atoms with Crippen molar-refractivity contribution in [1.82, 2.24) is 4.90 Å². The van der Waals surface area contributed by atoms with E-state index in [2.05, 4.69) is 20.8 Å². The lowest BCUT2D eigenvalue weighted by molar-refractivity contribution is 0.00352. The van der Waals surface area contributed by atoms with Crippen molar-refractivity contribution in [3.05, 3.63) is 0 Å². The third-order valence-electron chi connectivity index (χ3n) is 3.60. The molecule has 0 aromatic carbocycles. The predicted octanol–water partition coefficient (Wildman–Crippen LogP) is 2.47. The van der Waals surface area contributed by atoms with Gasteiger partial charge in [0.05, 0.1) is 0 Å². The molecule has 3 unspecified atom stereocenters. The molecule has 4 heteroatoms. The monoisotopic (exact) mass is 256 g/mol. The standard InChI is InChI=1S/C14H28N2O2/c1-9(2)11-8-16(7-10(3)12(11)15)13(17)18-14(4,5)6/h9-12H,7-8,15H2,1-6H3. The number of carbonyl (C=O) groups excluding carboxylic acids is 1. The van der Waals surface area contributed by atoms with Gasteiger partial charge in [0.15, 0.2) is 0 Å². The summed E-state index contributed by atoms with van der Waals surface area (Å²) in [6, 6.07) is 0.170. The third-order valence-corrected chi connectivity index (χ3v) is 3.60. The van der Waals surface area contributed by atoms with Gasteiger partial charge in [0.25, 0.3) is 0 Å². The topological polar surface area (TPSA) is 55.6 Å². The van der Waals surface area contributed by atoms with E-state index in [1.807, 2.05) is 25.7 Å². The van der Waals surface area contributed by atoms with Crippen LogP contribution in [0, 0.1) is 17.8 Å². The Hall–Kier alpha value is -0.770. The van der Waals surface area contributed by atoms with Gasteiger partial charge in [-0.1, -0.05) is 20.8 Å². The average Bonchev–Trinajstić information content (AvgIpc) is 2.18. The van der Waals surface area contributed by atoms with Crippen LogP contribution in [0.4, 0.5) is 4.79 Å². The zero-order valence-electron chi connectivity index (χ0n) is 12.6. The molecular formula is C14H28N2O2. The summed E-state index contributed by atoms with van der Waals surface area (Å²) >= 11 is 0. The van der Waals surface area contributed by atoms with Gasteiger partial charge >= 0.3 is 6.09 Å². The Morgan fingerprint density at radius 1 is 1.33 bits per heavy atom. The van der Waals surface area contributed by atoms with Crippen molar-refractivity contribution in [1.29, 1.82) is 0 Å². The maximum absolute atomic E-state index is 12.1. The fraction of sp³-hybridized carbons (Fsp3) is 0.929. The van der Waals surface area contributed by atoms with Crippen LogP contribution in [0.5, 0.6) is 0 Å². The van der Waals surface area contributed by atoms with Crippen LogP contribution in [-0.4, -0.2) is 35.7 Å². The second-order valence-corrected chi connectivity index (χ2v) is 6.85. The minimum Gasteiger partial charge on any atom is -0.444 e. The Labute approximate surface area is 111 Å². The van der Waals surface area contributed by atoms with Crippen LogP contribution in [0.3, 0.4) is 0 Å². The first-order valence-corrected chi connectivity index (χ1v) is 6.85. The molecule has 1 saturated heterocycles. The molecule has 18 heavy (non-hydrogen) atoms. The summed E-state index contributed by atoms with van der Waals surface area (Å²) < 4.78 is 5.44. The van der Waals surface area contributed by atoms with E-state index in [0.29, 0.717) is 30.8 Å². The molecule has 0 saturated carbocycles. The van der Waals surface area contributed by atoms with Gasteiger partial charge in [-0.3, -0.25) is 0 Å². The molecule has 2 N–H and O–H groups in total. The second kappa shape index (κ2) is 5.47. The Balaban J connectivity index is 2.71. The van der Waals surface area contributed by atoms with Crippen LogP contribution in [0.1, 0.15) is 41.5 Å². The number of rotatable bonds is 1. The van der Waals surface area contributed by atoms with E-state index in [1.165, 1.54) is 0 Å². The molecule has 0 radical (unpaired) electrons. The molecule has 1 rings (SSSR count). The summed E-state index contributed by atoms with van der Waals surface area (Å²) in [5, 5.41) is 0. The lowest BCUT2D eigenvalue weighted by atomic mass is 9.79. The van der Waals surface area contributed by atoms with E-state index in [0.717, 1.165) is 0 Å². The van der Waals surface area contributed by atoms with Crippen molar-refractivity contribution in [3.8, 4) is 0 Å². The molecule has 106 valence electrons. The molecule has 0 aliphatic carbocycles. The van der Waals surface area contributed by atoms with Crippen LogP contribution in [0.25, 0.3) is 0 Å². The third kappa shape index (κ3) is 3.87. The number of likely N-dealkylation sites (tertiary alicyclic amines) is 1. The van der Waals surface area contributed by atoms with Crippen molar-refractivity contribution < 1.29 is 9.53 Å². The maximum Gasteiger partial charge on any atom is 0.410 e. The normalized spacial score (nSPS) is 29.6. The lowest BCUT2D eigenvalue weighted by Gasteiger charge is -2.43. The summed E-state index contributed by atoms with van der Waals surface area (Å²) in [4.78, 5) is 13.9.